The molecule has 0 saturated heterocycles. The number of hydrogen-bond acceptors (Lipinski definition) is 5. The molecule has 27 heavy (non-hydrogen) atoms. The number of thiophene rings is 1. The van der Waals surface area contributed by atoms with E-state index >= 15 is 0 Å². The number of carbonyl (C=O) groups excluding carboxylic acids is 1. The van der Waals surface area contributed by atoms with Crippen LogP contribution in [0.2, 0.25) is 0 Å². The van der Waals surface area contributed by atoms with Crippen molar-refractivity contribution in [2.45, 2.75) is 58.5 Å². The minimum atomic E-state index is 0.0474. The fourth-order valence-electron chi connectivity index (χ4n) is 3.47. The van der Waals surface area contributed by atoms with Crippen LogP contribution in [0.4, 0.5) is 0 Å². The Morgan fingerprint density at radius 3 is 2.89 bits per heavy atom. The molecule has 0 saturated carbocycles. The molecule has 0 aliphatic heterocycles. The topological polar surface area (TPSA) is 59.8 Å². The highest BCUT2D eigenvalue weighted by molar-refractivity contribution is 7.99. The third kappa shape index (κ3) is 4.74. The molecule has 2 aromatic heterocycles. The molecule has 1 amide bonds. The van der Waals surface area contributed by atoms with Crippen LogP contribution in [-0.4, -0.2) is 33.0 Å². The fraction of sp³-hybridized carbons (Fsp3) is 0.650. The van der Waals surface area contributed by atoms with E-state index in [1.807, 2.05) is 29.9 Å². The first-order valence-electron chi connectivity index (χ1n) is 9.70. The van der Waals surface area contributed by atoms with E-state index in [0.29, 0.717) is 11.2 Å². The van der Waals surface area contributed by atoms with Gasteiger partial charge in [0, 0.05) is 18.5 Å². The summed E-state index contributed by atoms with van der Waals surface area (Å²) >= 11 is 3.29. The van der Waals surface area contributed by atoms with Crippen molar-refractivity contribution in [3.05, 3.63) is 16.5 Å². The Morgan fingerprint density at radius 2 is 2.19 bits per heavy atom. The fourth-order valence-corrected chi connectivity index (χ4v) is 5.44. The van der Waals surface area contributed by atoms with Crippen LogP contribution in [0.1, 0.15) is 51.0 Å². The Labute approximate surface area is 170 Å². The van der Waals surface area contributed by atoms with Crippen molar-refractivity contribution in [3.63, 3.8) is 0 Å². The van der Waals surface area contributed by atoms with Gasteiger partial charge in [-0.05, 0) is 48.6 Å². The van der Waals surface area contributed by atoms with Crippen LogP contribution in [0.15, 0.2) is 11.2 Å². The second-order valence-electron chi connectivity index (χ2n) is 8.37. The molecule has 148 valence electrons. The lowest BCUT2D eigenvalue weighted by Crippen LogP contribution is -2.26. The number of nitrogens with one attached hydrogen (secondary N) is 1. The Hall–Kier alpha value is -1.34. The summed E-state index contributed by atoms with van der Waals surface area (Å²) < 4.78 is 2.01. The summed E-state index contributed by atoms with van der Waals surface area (Å²) in [6.07, 6.45) is 4.54. The molecule has 0 aromatic carbocycles. The summed E-state index contributed by atoms with van der Waals surface area (Å²) in [4.78, 5) is 14.5. The van der Waals surface area contributed by atoms with E-state index in [9.17, 15) is 4.79 Å². The summed E-state index contributed by atoms with van der Waals surface area (Å²) in [5.41, 5.74) is 1.84. The van der Waals surface area contributed by atoms with Crippen molar-refractivity contribution in [2.24, 2.45) is 18.4 Å². The lowest BCUT2D eigenvalue weighted by Gasteiger charge is -2.33. The maximum Gasteiger partial charge on any atom is 0.230 e. The van der Waals surface area contributed by atoms with E-state index in [4.69, 9.17) is 0 Å². The highest BCUT2D eigenvalue weighted by Gasteiger charge is 2.30. The van der Waals surface area contributed by atoms with E-state index in [1.54, 1.807) is 0 Å². The second-order valence-corrected chi connectivity index (χ2v) is 10.4. The van der Waals surface area contributed by atoms with Gasteiger partial charge in [0.2, 0.25) is 5.91 Å². The van der Waals surface area contributed by atoms with Crippen LogP contribution in [0.5, 0.6) is 0 Å². The zero-order chi connectivity index (χ0) is 19.6. The molecule has 1 aliphatic carbocycles. The van der Waals surface area contributed by atoms with Gasteiger partial charge in [0.15, 0.2) is 11.0 Å². The number of fused-ring (bicyclic) bond motifs is 1. The van der Waals surface area contributed by atoms with Crippen molar-refractivity contribution in [1.29, 1.82) is 0 Å². The molecular formula is C20H30N4OS2. The van der Waals surface area contributed by atoms with Gasteiger partial charge in [-0.15, -0.1) is 21.5 Å². The molecule has 1 unspecified atom stereocenters. The highest BCUT2D eigenvalue weighted by atomic mass is 32.2. The minimum absolute atomic E-state index is 0.0474. The molecule has 2 heterocycles. The summed E-state index contributed by atoms with van der Waals surface area (Å²) in [7, 11) is 1.98. The van der Waals surface area contributed by atoms with Crippen molar-refractivity contribution in [1.82, 2.24) is 20.1 Å². The zero-order valence-corrected chi connectivity index (χ0v) is 18.6. The van der Waals surface area contributed by atoms with Gasteiger partial charge in [-0.1, -0.05) is 39.5 Å². The molecule has 2 aromatic rings. The van der Waals surface area contributed by atoms with Crippen molar-refractivity contribution >= 4 is 29.0 Å². The summed E-state index contributed by atoms with van der Waals surface area (Å²) in [6.45, 7) is 9.81. The van der Waals surface area contributed by atoms with E-state index in [2.05, 4.69) is 42.4 Å². The largest absolute Gasteiger partial charge is 0.355 e. The maximum absolute atomic E-state index is 11.8. The minimum Gasteiger partial charge on any atom is -0.355 e. The molecule has 0 bridgehead atoms. The smallest absolute Gasteiger partial charge is 0.230 e. The van der Waals surface area contributed by atoms with E-state index in [-0.39, 0.29) is 5.91 Å². The molecular weight excluding hydrogens is 376 g/mol. The molecule has 7 heteroatoms. The van der Waals surface area contributed by atoms with Crippen molar-refractivity contribution in [2.75, 3.05) is 12.3 Å². The highest BCUT2D eigenvalue weighted by Crippen LogP contribution is 2.42. The van der Waals surface area contributed by atoms with Crippen LogP contribution in [0, 0.1) is 11.3 Å². The monoisotopic (exact) mass is 406 g/mol. The van der Waals surface area contributed by atoms with Crippen LogP contribution >= 0.6 is 23.1 Å². The maximum atomic E-state index is 11.8. The van der Waals surface area contributed by atoms with Gasteiger partial charge in [-0.25, -0.2) is 0 Å². The average Bonchev–Trinajstić information content (AvgIpc) is 3.19. The molecule has 1 aliphatic rings. The number of aryl methyl sites for hydroxylation is 1. The number of carbonyl (C=O) groups is 1. The normalized spacial score (nSPS) is 17.0. The second kappa shape index (κ2) is 8.35. The van der Waals surface area contributed by atoms with Gasteiger partial charge < -0.3 is 9.88 Å². The van der Waals surface area contributed by atoms with Crippen LogP contribution in [-0.2, 0) is 24.7 Å². The molecule has 3 rings (SSSR count). The number of thioether (sulfide) groups is 1. The molecule has 0 spiro atoms. The summed E-state index contributed by atoms with van der Waals surface area (Å²) in [5, 5.41) is 12.4. The number of nitrogens with zero attached hydrogens (tertiary/aromatic N) is 3. The van der Waals surface area contributed by atoms with Gasteiger partial charge in [0.1, 0.15) is 0 Å². The van der Waals surface area contributed by atoms with Crippen LogP contribution in [0.3, 0.4) is 0 Å². The first-order chi connectivity index (χ1) is 12.8. The number of amides is 1. The zero-order valence-electron chi connectivity index (χ0n) is 17.0. The lowest BCUT2D eigenvalue weighted by atomic mass is 9.72. The number of aromatic nitrogens is 3. The molecule has 0 fully saturated rings. The summed E-state index contributed by atoms with van der Waals surface area (Å²) in [5.74, 6) is 2.06. The van der Waals surface area contributed by atoms with Crippen LogP contribution in [0.25, 0.3) is 10.7 Å². The lowest BCUT2D eigenvalue weighted by molar-refractivity contribution is -0.118. The van der Waals surface area contributed by atoms with E-state index < -0.39 is 0 Å². The van der Waals surface area contributed by atoms with Crippen molar-refractivity contribution in [3.8, 4) is 10.7 Å². The molecule has 0 radical (unpaired) electrons. The Bertz CT molecular complexity index is 803. The van der Waals surface area contributed by atoms with Gasteiger partial charge in [0.25, 0.3) is 0 Å². The Balaban J connectivity index is 1.71. The quantitative estimate of drug-likeness (QED) is 0.726. The number of rotatable bonds is 6. The van der Waals surface area contributed by atoms with Gasteiger partial charge in [-0.2, -0.15) is 0 Å². The first kappa shape index (κ1) is 20.4. The van der Waals surface area contributed by atoms with Crippen molar-refractivity contribution < 1.29 is 4.79 Å². The van der Waals surface area contributed by atoms with Gasteiger partial charge in [-0.3, -0.25) is 4.79 Å². The molecule has 5 nitrogen and oxygen atoms in total. The predicted octanol–water partition coefficient (Wildman–Crippen LogP) is 4.31. The predicted molar refractivity (Wildman–Crippen MR) is 113 cm³/mol. The average molecular weight is 407 g/mol. The third-order valence-corrected chi connectivity index (χ3v) is 7.52. The Morgan fingerprint density at radius 1 is 1.41 bits per heavy atom. The van der Waals surface area contributed by atoms with E-state index in [1.165, 1.54) is 39.9 Å². The van der Waals surface area contributed by atoms with Gasteiger partial charge >= 0.3 is 0 Å². The van der Waals surface area contributed by atoms with Gasteiger partial charge in [0.05, 0.1) is 10.6 Å². The Kier molecular flexibility index (Phi) is 6.31. The van der Waals surface area contributed by atoms with E-state index in [0.717, 1.165) is 36.3 Å². The first-order valence-corrected chi connectivity index (χ1v) is 11.5. The SMILES string of the molecule is CCCNC(=O)CSc1nnc(-c2cc3c(s2)CCC(C(C)(C)C)C3)n1C. The molecule has 1 N–H and O–H groups in total. The van der Waals surface area contributed by atoms with Crippen LogP contribution < -0.4 is 5.32 Å². The third-order valence-electron chi connectivity index (χ3n) is 5.27. The number of hydrogen-bond donors (Lipinski definition) is 1. The standard InChI is InChI=1S/C20H30N4OS2/c1-6-9-21-17(25)12-26-19-23-22-18(24(19)5)16-11-13-10-14(20(2,3)4)7-8-15(13)27-16/h11,14H,6-10,12H2,1-5H3,(H,21,25). The molecule has 1 atom stereocenters. The summed E-state index contributed by atoms with van der Waals surface area (Å²) in [6, 6.07) is 2.31.